The van der Waals surface area contributed by atoms with Crippen LogP contribution in [0, 0.1) is 0 Å². The monoisotopic (exact) mass is 288 g/mol. The molecule has 102 valence electrons. The number of hydrogen-bond donors (Lipinski definition) is 2. The van der Waals surface area contributed by atoms with Gasteiger partial charge in [0.05, 0.1) is 0 Å². The van der Waals surface area contributed by atoms with Gasteiger partial charge in [-0.3, -0.25) is 4.21 Å². The van der Waals surface area contributed by atoms with Crippen molar-refractivity contribution in [3.05, 3.63) is 6.07 Å². The smallest absolute Gasteiger partial charge is 0.191 e. The van der Waals surface area contributed by atoms with Gasteiger partial charge in [0.15, 0.2) is 5.16 Å². The summed E-state index contributed by atoms with van der Waals surface area (Å²) < 4.78 is 11.2. The Kier molecular flexibility index (Phi) is 6.42. The van der Waals surface area contributed by atoms with E-state index in [1.54, 1.807) is 6.26 Å². The molecule has 0 radical (unpaired) electrons. The summed E-state index contributed by atoms with van der Waals surface area (Å²) in [6.45, 7) is 2.75. The van der Waals surface area contributed by atoms with Gasteiger partial charge in [0.2, 0.25) is 0 Å². The van der Waals surface area contributed by atoms with E-state index in [9.17, 15) is 4.21 Å². The van der Waals surface area contributed by atoms with Crippen molar-refractivity contribution in [2.75, 3.05) is 36.7 Å². The van der Waals surface area contributed by atoms with Crippen LogP contribution in [0.2, 0.25) is 0 Å². The van der Waals surface area contributed by atoms with E-state index in [1.807, 2.05) is 26.3 Å². The molecule has 1 aromatic rings. The van der Waals surface area contributed by atoms with Crippen LogP contribution in [-0.4, -0.2) is 45.5 Å². The maximum atomic E-state index is 11.2. The summed E-state index contributed by atoms with van der Waals surface area (Å²) in [6.07, 6.45) is 4.54. The lowest BCUT2D eigenvalue weighted by Gasteiger charge is -2.11. The molecule has 0 amide bonds. The molecule has 0 spiro atoms. The zero-order valence-corrected chi connectivity index (χ0v) is 12.8. The van der Waals surface area contributed by atoms with Gasteiger partial charge in [-0.25, -0.2) is 9.97 Å². The molecule has 1 aromatic heterocycles. The first kappa shape index (κ1) is 15.2. The van der Waals surface area contributed by atoms with Crippen LogP contribution in [0.1, 0.15) is 13.3 Å². The minimum atomic E-state index is -0.769. The topological polar surface area (TPSA) is 66.9 Å². The number of nitrogens with one attached hydrogen (secondary N) is 2. The van der Waals surface area contributed by atoms with Gasteiger partial charge in [-0.05, 0) is 12.7 Å². The summed E-state index contributed by atoms with van der Waals surface area (Å²) in [5, 5.41) is 7.18. The minimum absolute atomic E-state index is 0.197. The van der Waals surface area contributed by atoms with Crippen LogP contribution in [0.3, 0.4) is 0 Å². The Morgan fingerprint density at radius 1 is 1.44 bits per heavy atom. The predicted octanol–water partition coefficient (Wildman–Crippen LogP) is 1.81. The van der Waals surface area contributed by atoms with E-state index in [1.165, 1.54) is 11.8 Å². The fraction of sp³-hybridized carbons (Fsp3) is 0.636. The summed E-state index contributed by atoms with van der Waals surface area (Å²) >= 11 is 1.51. The third kappa shape index (κ3) is 4.81. The van der Waals surface area contributed by atoms with Gasteiger partial charge in [-0.15, -0.1) is 0 Å². The first-order valence-corrected chi connectivity index (χ1v) is 8.58. The summed E-state index contributed by atoms with van der Waals surface area (Å²) in [7, 11) is 1.06. The SMILES string of the molecule is CNc1cc(NCCC(C)S(C)=O)nc(SC)n1. The number of thioether (sulfide) groups is 1. The molecule has 0 aliphatic rings. The molecule has 2 N–H and O–H groups in total. The van der Waals surface area contributed by atoms with E-state index < -0.39 is 10.8 Å². The van der Waals surface area contributed by atoms with Crippen LogP contribution in [0.5, 0.6) is 0 Å². The Morgan fingerprint density at radius 3 is 2.67 bits per heavy atom. The van der Waals surface area contributed by atoms with Crippen LogP contribution in [0.15, 0.2) is 11.2 Å². The molecular formula is C11H20N4OS2. The van der Waals surface area contributed by atoms with Gasteiger partial charge in [0.1, 0.15) is 11.6 Å². The maximum absolute atomic E-state index is 11.2. The van der Waals surface area contributed by atoms with Gasteiger partial charge in [-0.1, -0.05) is 18.7 Å². The summed E-state index contributed by atoms with van der Waals surface area (Å²) in [5.41, 5.74) is 0. The van der Waals surface area contributed by atoms with Crippen molar-refractivity contribution >= 4 is 34.2 Å². The lowest BCUT2D eigenvalue weighted by Crippen LogP contribution is -2.15. The molecule has 7 heteroatoms. The van der Waals surface area contributed by atoms with Crippen molar-refractivity contribution in [1.29, 1.82) is 0 Å². The van der Waals surface area contributed by atoms with Gasteiger partial charge in [0.25, 0.3) is 0 Å². The number of rotatable bonds is 7. The van der Waals surface area contributed by atoms with Crippen molar-refractivity contribution in [2.45, 2.75) is 23.8 Å². The second kappa shape index (κ2) is 7.58. The highest BCUT2D eigenvalue weighted by Gasteiger charge is 2.07. The Morgan fingerprint density at radius 2 is 2.11 bits per heavy atom. The average Bonchev–Trinajstić information content (AvgIpc) is 2.37. The van der Waals surface area contributed by atoms with E-state index in [2.05, 4.69) is 20.6 Å². The number of nitrogens with zero attached hydrogens (tertiary/aromatic N) is 2. The number of aromatic nitrogens is 2. The lowest BCUT2D eigenvalue weighted by atomic mass is 10.3. The van der Waals surface area contributed by atoms with Crippen LogP contribution >= 0.6 is 11.8 Å². The Hall–Kier alpha value is -0.820. The minimum Gasteiger partial charge on any atom is -0.373 e. The lowest BCUT2D eigenvalue weighted by molar-refractivity contribution is 0.672. The summed E-state index contributed by atoms with van der Waals surface area (Å²) in [5.74, 6) is 1.59. The Bertz CT molecular complexity index is 392. The fourth-order valence-corrected chi connectivity index (χ4v) is 2.13. The molecule has 18 heavy (non-hydrogen) atoms. The fourth-order valence-electron chi connectivity index (χ4n) is 1.30. The third-order valence-electron chi connectivity index (χ3n) is 2.57. The molecule has 1 heterocycles. The van der Waals surface area contributed by atoms with Crippen LogP contribution in [0.25, 0.3) is 0 Å². The molecule has 0 bridgehead atoms. The second-order valence-electron chi connectivity index (χ2n) is 3.90. The molecule has 1 rings (SSSR count). The van der Waals surface area contributed by atoms with Crippen molar-refractivity contribution in [2.24, 2.45) is 0 Å². The molecule has 0 aromatic carbocycles. The van der Waals surface area contributed by atoms with Gasteiger partial charge < -0.3 is 10.6 Å². The highest BCUT2D eigenvalue weighted by Crippen LogP contribution is 2.16. The molecule has 0 aliphatic heterocycles. The quantitative estimate of drug-likeness (QED) is 0.589. The number of hydrogen-bond acceptors (Lipinski definition) is 6. The molecule has 0 saturated carbocycles. The molecule has 2 atom stereocenters. The highest BCUT2D eigenvalue weighted by atomic mass is 32.2. The van der Waals surface area contributed by atoms with Gasteiger partial charge in [-0.2, -0.15) is 0 Å². The van der Waals surface area contributed by atoms with Crippen molar-refractivity contribution in [1.82, 2.24) is 9.97 Å². The maximum Gasteiger partial charge on any atom is 0.191 e. The first-order valence-electron chi connectivity index (χ1n) is 5.73. The van der Waals surface area contributed by atoms with Crippen LogP contribution in [-0.2, 0) is 10.8 Å². The molecule has 0 saturated heterocycles. The summed E-state index contributed by atoms with van der Waals surface area (Å²) in [4.78, 5) is 8.66. The normalized spacial score (nSPS) is 14.0. The van der Waals surface area contributed by atoms with Crippen LogP contribution < -0.4 is 10.6 Å². The molecule has 0 fully saturated rings. The highest BCUT2D eigenvalue weighted by molar-refractivity contribution is 7.98. The molecule has 0 aliphatic carbocycles. The van der Waals surface area contributed by atoms with Crippen molar-refractivity contribution in [3.63, 3.8) is 0 Å². The molecular weight excluding hydrogens is 268 g/mol. The Labute approximate surface area is 115 Å². The Balaban J connectivity index is 2.58. The predicted molar refractivity (Wildman–Crippen MR) is 80.0 cm³/mol. The summed E-state index contributed by atoms with van der Waals surface area (Å²) in [6, 6.07) is 1.87. The van der Waals surface area contributed by atoms with Gasteiger partial charge in [0, 0.05) is 42.0 Å². The standard InChI is InChI=1S/C11H20N4OS2/c1-8(18(4)16)5-6-13-10-7-9(12-2)14-11(15-10)17-3/h7-8H,5-6H2,1-4H3,(H2,12,13,14,15). The average molecular weight is 288 g/mol. The zero-order chi connectivity index (χ0) is 13.5. The van der Waals surface area contributed by atoms with E-state index in [-0.39, 0.29) is 5.25 Å². The first-order chi connectivity index (χ1) is 8.56. The second-order valence-corrected chi connectivity index (χ2v) is 6.48. The number of anilines is 2. The molecule has 2 unspecified atom stereocenters. The van der Waals surface area contributed by atoms with Gasteiger partial charge >= 0.3 is 0 Å². The molecule has 5 nitrogen and oxygen atoms in total. The van der Waals surface area contributed by atoms with Crippen LogP contribution in [0.4, 0.5) is 11.6 Å². The van der Waals surface area contributed by atoms with Crippen molar-refractivity contribution in [3.8, 4) is 0 Å². The third-order valence-corrected chi connectivity index (χ3v) is 4.48. The largest absolute Gasteiger partial charge is 0.373 e. The van der Waals surface area contributed by atoms with E-state index in [4.69, 9.17) is 0 Å². The zero-order valence-electron chi connectivity index (χ0n) is 11.2. The van der Waals surface area contributed by atoms with E-state index in [0.29, 0.717) is 0 Å². The van der Waals surface area contributed by atoms with E-state index >= 15 is 0 Å². The van der Waals surface area contributed by atoms with E-state index in [0.717, 1.165) is 29.8 Å². The van der Waals surface area contributed by atoms with Crippen molar-refractivity contribution < 1.29 is 4.21 Å².